The molecule has 0 atom stereocenters. The summed E-state index contributed by atoms with van der Waals surface area (Å²) >= 11 is 9.83. The van der Waals surface area contributed by atoms with Crippen LogP contribution in [0.5, 0.6) is 0 Å². The monoisotopic (exact) mass is 529 g/mol. The summed E-state index contributed by atoms with van der Waals surface area (Å²) in [5, 5.41) is 8.79. The van der Waals surface area contributed by atoms with Crippen molar-refractivity contribution in [3.8, 4) is 0 Å². The molecule has 3 rings (SSSR count). The lowest BCUT2D eigenvalue weighted by Crippen LogP contribution is -2.28. The fraction of sp³-hybridized carbons (Fsp3) is 0.167. The number of nitrogens with one attached hydrogen (secondary N) is 2. The molecule has 1 heterocycles. The van der Waals surface area contributed by atoms with Crippen molar-refractivity contribution in [2.24, 2.45) is 11.5 Å². The van der Waals surface area contributed by atoms with Gasteiger partial charge in [0.2, 0.25) is 0 Å². The van der Waals surface area contributed by atoms with E-state index in [9.17, 15) is 0 Å². The Balaban J connectivity index is 0.00000182. The zero-order chi connectivity index (χ0) is 18.0. The number of pyridine rings is 1. The van der Waals surface area contributed by atoms with E-state index < -0.39 is 0 Å². The molecule has 2 aromatic carbocycles. The van der Waals surface area contributed by atoms with Gasteiger partial charge >= 0.3 is 0 Å². The van der Waals surface area contributed by atoms with Gasteiger partial charge in [0.15, 0.2) is 10.2 Å². The Morgan fingerprint density at radius 3 is 1.63 bits per heavy atom. The van der Waals surface area contributed by atoms with Gasteiger partial charge in [-0.15, -0.1) is 34.0 Å². The van der Waals surface area contributed by atoms with Crippen molar-refractivity contribution < 1.29 is 0 Å². The molecule has 0 saturated carbocycles. The van der Waals surface area contributed by atoms with Crippen LogP contribution < -0.4 is 22.1 Å². The SMILES string of the molecule is Br.Br.Cc1c2cccc(CNC(N)=S)c2nc2c(CNC(N)=S)cccc12. The largest absolute Gasteiger partial charge is 0.376 e. The predicted octanol–water partition coefficient (Wildman–Crippen LogP) is 3.52. The molecular weight excluding hydrogens is 510 g/mol. The molecule has 0 aliphatic heterocycles. The molecule has 0 fully saturated rings. The van der Waals surface area contributed by atoms with E-state index in [0.717, 1.165) is 32.9 Å². The van der Waals surface area contributed by atoms with Crippen LogP contribution in [0.25, 0.3) is 21.8 Å². The first kappa shape index (κ1) is 23.5. The van der Waals surface area contributed by atoms with Crippen LogP contribution in [0.2, 0.25) is 0 Å². The Morgan fingerprint density at radius 1 is 0.852 bits per heavy atom. The molecule has 3 aromatic rings. The highest BCUT2D eigenvalue weighted by atomic mass is 79.9. The molecule has 6 N–H and O–H groups in total. The Kier molecular flexibility index (Phi) is 8.80. The van der Waals surface area contributed by atoms with Gasteiger partial charge in [0, 0.05) is 23.9 Å². The summed E-state index contributed by atoms with van der Waals surface area (Å²) in [6.07, 6.45) is 0. The second kappa shape index (κ2) is 10.1. The summed E-state index contributed by atoms with van der Waals surface area (Å²) in [4.78, 5) is 4.95. The predicted molar refractivity (Wildman–Crippen MR) is 132 cm³/mol. The van der Waals surface area contributed by atoms with Crippen LogP contribution in [0.15, 0.2) is 36.4 Å². The van der Waals surface area contributed by atoms with Gasteiger partial charge < -0.3 is 22.1 Å². The van der Waals surface area contributed by atoms with Gasteiger partial charge in [-0.2, -0.15) is 0 Å². The van der Waals surface area contributed by atoms with Gasteiger partial charge in [0.25, 0.3) is 0 Å². The maximum absolute atomic E-state index is 5.56. The quantitative estimate of drug-likeness (QED) is 0.303. The van der Waals surface area contributed by atoms with E-state index in [-0.39, 0.29) is 44.2 Å². The van der Waals surface area contributed by atoms with Gasteiger partial charge in [0.1, 0.15) is 0 Å². The molecule has 1 aromatic heterocycles. The minimum atomic E-state index is 0. The Bertz CT molecular complexity index is 918. The molecule has 9 heteroatoms. The summed E-state index contributed by atoms with van der Waals surface area (Å²) < 4.78 is 0. The summed E-state index contributed by atoms with van der Waals surface area (Å²) in [6.45, 7) is 3.19. The second-order valence-corrected chi connectivity index (χ2v) is 6.68. The molecule has 0 spiro atoms. The summed E-state index contributed by atoms with van der Waals surface area (Å²) in [7, 11) is 0. The van der Waals surface area contributed by atoms with E-state index in [2.05, 4.69) is 29.7 Å². The molecule has 27 heavy (non-hydrogen) atoms. The molecule has 0 saturated heterocycles. The molecule has 0 unspecified atom stereocenters. The van der Waals surface area contributed by atoms with Gasteiger partial charge in [-0.25, -0.2) is 4.98 Å². The Morgan fingerprint density at radius 2 is 1.26 bits per heavy atom. The lowest BCUT2D eigenvalue weighted by molar-refractivity contribution is 0.920. The fourth-order valence-corrected chi connectivity index (χ4v) is 3.10. The van der Waals surface area contributed by atoms with E-state index in [4.69, 9.17) is 40.9 Å². The third-order valence-electron chi connectivity index (χ3n) is 4.18. The Hall–Kier alpha value is -1.55. The molecule has 0 aliphatic rings. The van der Waals surface area contributed by atoms with Crippen molar-refractivity contribution in [1.82, 2.24) is 15.6 Å². The summed E-state index contributed by atoms with van der Waals surface area (Å²) in [6, 6.07) is 12.3. The van der Waals surface area contributed by atoms with Crippen molar-refractivity contribution in [3.05, 3.63) is 53.1 Å². The highest BCUT2D eigenvalue weighted by molar-refractivity contribution is 8.93. The van der Waals surface area contributed by atoms with Crippen LogP contribution in [-0.4, -0.2) is 15.2 Å². The molecule has 0 aliphatic carbocycles. The smallest absolute Gasteiger partial charge is 0.163 e. The van der Waals surface area contributed by atoms with E-state index in [1.165, 1.54) is 5.56 Å². The average Bonchev–Trinajstić information content (AvgIpc) is 2.58. The number of nitrogens with two attached hydrogens (primary N) is 2. The van der Waals surface area contributed by atoms with Crippen molar-refractivity contribution in [1.29, 1.82) is 0 Å². The number of benzene rings is 2. The highest BCUT2D eigenvalue weighted by Gasteiger charge is 2.11. The first-order valence-corrected chi connectivity index (χ1v) is 8.65. The molecule has 144 valence electrons. The summed E-state index contributed by atoms with van der Waals surface area (Å²) in [5.41, 5.74) is 16.3. The molecule has 0 amide bonds. The molecule has 0 bridgehead atoms. The molecular formula is C18H21Br2N5S2. The fourth-order valence-electron chi connectivity index (χ4n) is 2.96. The minimum Gasteiger partial charge on any atom is -0.376 e. The Labute approximate surface area is 189 Å². The maximum Gasteiger partial charge on any atom is 0.163 e. The third kappa shape index (κ3) is 5.25. The number of hydrogen-bond donors (Lipinski definition) is 4. The maximum atomic E-state index is 5.56. The van der Waals surface area contributed by atoms with Crippen LogP contribution in [0, 0.1) is 6.92 Å². The van der Waals surface area contributed by atoms with Crippen LogP contribution in [0.3, 0.4) is 0 Å². The van der Waals surface area contributed by atoms with Crippen molar-refractivity contribution in [2.45, 2.75) is 20.0 Å². The van der Waals surface area contributed by atoms with Gasteiger partial charge in [-0.3, -0.25) is 0 Å². The second-order valence-electron chi connectivity index (χ2n) is 5.80. The zero-order valence-corrected chi connectivity index (χ0v) is 19.7. The standard InChI is InChI=1S/C18H19N5S2.2BrH/c1-10-13-6-2-4-11(8-21-17(19)24)15(13)23-16-12(9-22-18(20)25)5-3-7-14(10)16;;/h2-7H,8-9H2,1H3,(H3,19,21,24)(H3,20,22,25);2*1H. The van der Waals surface area contributed by atoms with Crippen LogP contribution >= 0.6 is 58.4 Å². The lowest BCUT2D eigenvalue weighted by Gasteiger charge is -2.14. The molecule has 5 nitrogen and oxygen atoms in total. The van der Waals surface area contributed by atoms with E-state index in [0.29, 0.717) is 13.1 Å². The van der Waals surface area contributed by atoms with E-state index in [1.807, 2.05) is 24.3 Å². The number of nitrogens with zero attached hydrogens (tertiary/aromatic N) is 1. The summed E-state index contributed by atoms with van der Waals surface area (Å²) in [5.74, 6) is 0. The lowest BCUT2D eigenvalue weighted by atomic mass is 9.99. The van der Waals surface area contributed by atoms with Crippen LogP contribution in [0.1, 0.15) is 16.7 Å². The minimum absolute atomic E-state index is 0. The number of thiocarbonyl (C=S) groups is 2. The number of para-hydroxylation sites is 2. The number of fused-ring (bicyclic) bond motifs is 2. The van der Waals surface area contributed by atoms with E-state index >= 15 is 0 Å². The van der Waals surface area contributed by atoms with Crippen LogP contribution in [-0.2, 0) is 13.1 Å². The van der Waals surface area contributed by atoms with Crippen molar-refractivity contribution in [2.75, 3.05) is 0 Å². The topological polar surface area (TPSA) is 89.0 Å². The number of rotatable bonds is 4. The highest BCUT2D eigenvalue weighted by Crippen LogP contribution is 2.29. The van der Waals surface area contributed by atoms with Gasteiger partial charge in [0.05, 0.1) is 11.0 Å². The first-order chi connectivity index (χ1) is 12.0. The number of halogens is 2. The number of hydrogen-bond acceptors (Lipinski definition) is 3. The first-order valence-electron chi connectivity index (χ1n) is 7.84. The van der Waals surface area contributed by atoms with E-state index in [1.54, 1.807) is 0 Å². The van der Waals surface area contributed by atoms with Crippen LogP contribution in [0.4, 0.5) is 0 Å². The van der Waals surface area contributed by atoms with Gasteiger partial charge in [-0.05, 0) is 48.0 Å². The van der Waals surface area contributed by atoms with Gasteiger partial charge in [-0.1, -0.05) is 36.4 Å². The molecule has 0 radical (unpaired) electrons. The number of aryl methyl sites for hydroxylation is 1. The third-order valence-corrected chi connectivity index (χ3v) is 4.47. The zero-order valence-electron chi connectivity index (χ0n) is 14.6. The van der Waals surface area contributed by atoms with Crippen molar-refractivity contribution >= 4 is 90.4 Å². The average molecular weight is 531 g/mol. The van der Waals surface area contributed by atoms with Crippen molar-refractivity contribution in [3.63, 3.8) is 0 Å². The normalized spacial score (nSPS) is 9.96. The number of aromatic nitrogens is 1.